The van der Waals surface area contributed by atoms with Crippen LogP contribution in [0.25, 0.3) is 0 Å². The summed E-state index contributed by atoms with van der Waals surface area (Å²) in [4.78, 5) is 3.99. The Hall–Kier alpha value is -1.03. The Morgan fingerprint density at radius 3 is 2.92 bits per heavy atom. The van der Waals surface area contributed by atoms with Gasteiger partial charge in [0.15, 0.2) is 0 Å². The third-order valence-electron chi connectivity index (χ3n) is 1.72. The number of pyridine rings is 1. The number of aromatic nitrogens is 1. The van der Waals surface area contributed by atoms with E-state index in [0.29, 0.717) is 12.1 Å². The lowest BCUT2D eigenvalue weighted by molar-refractivity contribution is 0.151. The molecule has 0 aliphatic heterocycles. The minimum atomic E-state index is -2.41. The van der Waals surface area contributed by atoms with E-state index in [0.717, 1.165) is 6.54 Å². The summed E-state index contributed by atoms with van der Waals surface area (Å²) >= 11 is 0. The first-order chi connectivity index (χ1) is 6.24. The van der Waals surface area contributed by atoms with Gasteiger partial charge in [0.25, 0.3) is 6.43 Å². The van der Waals surface area contributed by atoms with Crippen LogP contribution >= 0.6 is 0 Å². The van der Waals surface area contributed by atoms with Gasteiger partial charge in [0.1, 0.15) is 0 Å². The zero-order valence-electron chi connectivity index (χ0n) is 7.43. The summed E-state index contributed by atoms with van der Waals surface area (Å²) in [6.07, 6.45) is -0.305. The van der Waals surface area contributed by atoms with E-state index in [4.69, 9.17) is 0 Å². The highest BCUT2D eigenvalue weighted by Gasteiger charge is 2.06. The van der Waals surface area contributed by atoms with Crippen molar-refractivity contribution in [2.24, 2.45) is 0 Å². The number of nitrogens with zero attached hydrogens (tertiary/aromatic N) is 1. The molecule has 13 heavy (non-hydrogen) atoms. The van der Waals surface area contributed by atoms with Crippen molar-refractivity contribution in [3.63, 3.8) is 0 Å². The molecule has 0 aliphatic carbocycles. The fourth-order valence-electron chi connectivity index (χ4n) is 1.02. The normalized spacial score (nSPS) is 10.8. The van der Waals surface area contributed by atoms with Gasteiger partial charge in [-0.05, 0) is 19.2 Å². The molecule has 0 unspecified atom stereocenters. The van der Waals surface area contributed by atoms with Crippen LogP contribution in [-0.4, -0.2) is 18.6 Å². The molecule has 2 nitrogen and oxygen atoms in total. The molecule has 0 atom stereocenters. The number of halogens is 2. The Labute approximate surface area is 76.0 Å². The predicted molar refractivity (Wildman–Crippen MR) is 46.8 cm³/mol. The number of hydrogen-bond acceptors (Lipinski definition) is 2. The molecule has 0 spiro atoms. The minimum Gasteiger partial charge on any atom is -0.319 e. The van der Waals surface area contributed by atoms with Crippen molar-refractivity contribution in [3.05, 3.63) is 29.6 Å². The summed E-state index contributed by atoms with van der Waals surface area (Å²) in [5.74, 6) is 0. The summed E-state index contributed by atoms with van der Waals surface area (Å²) in [5.41, 5.74) is 0.744. The molecule has 4 heteroatoms. The zero-order chi connectivity index (χ0) is 9.68. The lowest BCUT2D eigenvalue weighted by atomic mass is 10.2. The SMILES string of the molecule is CNCCc1cc(C(F)F)ccn1. The van der Waals surface area contributed by atoms with Crippen LogP contribution in [0.4, 0.5) is 8.78 Å². The highest BCUT2D eigenvalue weighted by molar-refractivity contribution is 5.17. The van der Waals surface area contributed by atoms with Gasteiger partial charge < -0.3 is 5.32 Å². The van der Waals surface area contributed by atoms with Crippen molar-refractivity contribution in [2.45, 2.75) is 12.8 Å². The molecule has 1 aromatic rings. The van der Waals surface area contributed by atoms with Crippen molar-refractivity contribution < 1.29 is 8.78 Å². The molecule has 0 saturated heterocycles. The number of hydrogen-bond donors (Lipinski definition) is 1. The average Bonchev–Trinajstić information content (AvgIpc) is 2.15. The van der Waals surface area contributed by atoms with Crippen molar-refractivity contribution >= 4 is 0 Å². The molecule has 0 amide bonds. The molecule has 1 rings (SSSR count). The van der Waals surface area contributed by atoms with Gasteiger partial charge in [-0.25, -0.2) is 8.78 Å². The van der Waals surface area contributed by atoms with Crippen LogP contribution in [0.3, 0.4) is 0 Å². The molecule has 0 aliphatic rings. The molecular weight excluding hydrogens is 174 g/mol. The van der Waals surface area contributed by atoms with Crippen LogP contribution in [0.5, 0.6) is 0 Å². The molecular formula is C9H12F2N2. The van der Waals surface area contributed by atoms with Crippen molar-refractivity contribution in [1.82, 2.24) is 10.3 Å². The molecule has 1 heterocycles. The summed E-state index contributed by atoms with van der Waals surface area (Å²) in [6.45, 7) is 0.750. The van der Waals surface area contributed by atoms with Crippen LogP contribution in [0.1, 0.15) is 17.7 Å². The number of alkyl halides is 2. The van der Waals surface area contributed by atoms with E-state index in [9.17, 15) is 8.78 Å². The van der Waals surface area contributed by atoms with Crippen LogP contribution in [0, 0.1) is 0 Å². The van der Waals surface area contributed by atoms with Crippen molar-refractivity contribution in [3.8, 4) is 0 Å². The number of nitrogens with one attached hydrogen (secondary N) is 1. The fraction of sp³-hybridized carbons (Fsp3) is 0.444. The molecule has 0 saturated carbocycles. The largest absolute Gasteiger partial charge is 0.319 e. The van der Waals surface area contributed by atoms with E-state index >= 15 is 0 Å². The summed E-state index contributed by atoms with van der Waals surface area (Å²) in [5, 5.41) is 2.94. The maximum absolute atomic E-state index is 12.2. The highest BCUT2D eigenvalue weighted by atomic mass is 19.3. The van der Waals surface area contributed by atoms with Gasteiger partial charge in [0.05, 0.1) is 0 Å². The van der Waals surface area contributed by atoms with Gasteiger partial charge in [-0.15, -0.1) is 0 Å². The van der Waals surface area contributed by atoms with Gasteiger partial charge >= 0.3 is 0 Å². The molecule has 0 radical (unpaired) electrons. The van der Waals surface area contributed by atoms with Gasteiger partial charge in [-0.2, -0.15) is 0 Å². The fourth-order valence-corrected chi connectivity index (χ4v) is 1.02. The van der Waals surface area contributed by atoms with Gasteiger partial charge in [0.2, 0.25) is 0 Å². The Morgan fingerprint density at radius 2 is 2.31 bits per heavy atom. The van der Waals surface area contributed by atoms with Crippen LogP contribution in [-0.2, 0) is 6.42 Å². The minimum absolute atomic E-state index is 0.0427. The quantitative estimate of drug-likeness (QED) is 0.775. The van der Waals surface area contributed by atoms with Crippen LogP contribution in [0.2, 0.25) is 0 Å². The highest BCUT2D eigenvalue weighted by Crippen LogP contribution is 2.18. The van der Waals surface area contributed by atoms with E-state index in [1.165, 1.54) is 18.3 Å². The second kappa shape index (κ2) is 4.87. The van der Waals surface area contributed by atoms with Crippen LogP contribution in [0.15, 0.2) is 18.3 Å². The second-order valence-corrected chi connectivity index (χ2v) is 2.73. The van der Waals surface area contributed by atoms with Crippen molar-refractivity contribution in [1.29, 1.82) is 0 Å². The molecule has 72 valence electrons. The first-order valence-electron chi connectivity index (χ1n) is 4.11. The molecule has 0 fully saturated rings. The summed E-state index contributed by atoms with van der Waals surface area (Å²) in [6, 6.07) is 2.79. The third kappa shape index (κ3) is 3.06. The monoisotopic (exact) mass is 186 g/mol. The molecule has 1 N–H and O–H groups in total. The number of rotatable bonds is 4. The van der Waals surface area contributed by atoms with Crippen molar-refractivity contribution in [2.75, 3.05) is 13.6 Å². The van der Waals surface area contributed by atoms with E-state index in [2.05, 4.69) is 10.3 Å². The predicted octanol–water partition coefficient (Wildman–Crippen LogP) is 1.78. The Kier molecular flexibility index (Phi) is 3.76. The lowest BCUT2D eigenvalue weighted by Gasteiger charge is -2.02. The second-order valence-electron chi connectivity index (χ2n) is 2.73. The molecule has 1 aromatic heterocycles. The third-order valence-corrected chi connectivity index (χ3v) is 1.72. The summed E-state index contributed by atoms with van der Waals surface area (Å²) in [7, 11) is 1.82. The van der Waals surface area contributed by atoms with Crippen LogP contribution < -0.4 is 5.32 Å². The Balaban J connectivity index is 2.68. The van der Waals surface area contributed by atoms with E-state index < -0.39 is 6.43 Å². The van der Waals surface area contributed by atoms with E-state index in [-0.39, 0.29) is 5.56 Å². The maximum Gasteiger partial charge on any atom is 0.263 e. The van der Waals surface area contributed by atoms with Gasteiger partial charge in [-0.1, -0.05) is 0 Å². The smallest absolute Gasteiger partial charge is 0.263 e. The lowest BCUT2D eigenvalue weighted by Crippen LogP contribution is -2.11. The van der Waals surface area contributed by atoms with E-state index in [1.807, 2.05) is 7.05 Å². The first-order valence-corrected chi connectivity index (χ1v) is 4.11. The summed E-state index contributed by atoms with van der Waals surface area (Å²) < 4.78 is 24.5. The Morgan fingerprint density at radius 1 is 1.54 bits per heavy atom. The van der Waals surface area contributed by atoms with Gasteiger partial charge in [0, 0.05) is 30.4 Å². The van der Waals surface area contributed by atoms with E-state index in [1.54, 1.807) is 0 Å². The maximum atomic E-state index is 12.2. The zero-order valence-corrected chi connectivity index (χ0v) is 7.43. The number of likely N-dealkylation sites (N-methyl/N-ethyl adjacent to an activating group) is 1. The molecule has 0 aromatic carbocycles. The first kappa shape index (κ1) is 10.1. The standard InChI is InChI=1S/C9H12F2N2/c1-12-4-3-8-6-7(9(10)11)2-5-13-8/h2,5-6,9,12H,3-4H2,1H3. The topological polar surface area (TPSA) is 24.9 Å². The average molecular weight is 186 g/mol. The molecule has 0 bridgehead atoms. The Bertz CT molecular complexity index is 264. The van der Waals surface area contributed by atoms with Gasteiger partial charge in [-0.3, -0.25) is 4.98 Å².